The standard InChI is InChI=1S/C13H25N3O3S/c1-16(11-7-3-2-4-8-11)20(18,19)15-12-9-5-6-10-14-13(12)17/h11-12,15H,2-10H2,1H3,(H,14,17)/t12-/m1/s1. The average molecular weight is 303 g/mol. The van der Waals surface area contributed by atoms with E-state index in [1.807, 2.05) is 0 Å². The van der Waals surface area contributed by atoms with E-state index in [4.69, 9.17) is 0 Å². The van der Waals surface area contributed by atoms with E-state index in [-0.39, 0.29) is 11.9 Å². The molecule has 1 amide bonds. The Morgan fingerprint density at radius 1 is 1.10 bits per heavy atom. The Kier molecular flexibility index (Phi) is 5.40. The summed E-state index contributed by atoms with van der Waals surface area (Å²) in [6.07, 6.45) is 7.50. The Balaban J connectivity index is 1.99. The van der Waals surface area contributed by atoms with Crippen molar-refractivity contribution in [3.8, 4) is 0 Å². The van der Waals surface area contributed by atoms with Crippen LogP contribution in [0.5, 0.6) is 0 Å². The van der Waals surface area contributed by atoms with Gasteiger partial charge in [-0.3, -0.25) is 4.79 Å². The summed E-state index contributed by atoms with van der Waals surface area (Å²) >= 11 is 0. The van der Waals surface area contributed by atoms with Crippen molar-refractivity contribution < 1.29 is 13.2 Å². The van der Waals surface area contributed by atoms with Crippen LogP contribution in [0.3, 0.4) is 0 Å². The first-order chi connectivity index (χ1) is 9.50. The fraction of sp³-hybridized carbons (Fsp3) is 0.923. The molecule has 0 bridgehead atoms. The highest BCUT2D eigenvalue weighted by Crippen LogP contribution is 2.23. The van der Waals surface area contributed by atoms with Crippen molar-refractivity contribution in [3.05, 3.63) is 0 Å². The zero-order valence-corrected chi connectivity index (χ0v) is 12.9. The number of hydrogen-bond acceptors (Lipinski definition) is 3. The maximum Gasteiger partial charge on any atom is 0.280 e. The summed E-state index contributed by atoms with van der Waals surface area (Å²) in [5.41, 5.74) is 0. The monoisotopic (exact) mass is 303 g/mol. The molecule has 0 spiro atoms. The lowest BCUT2D eigenvalue weighted by molar-refractivity contribution is -0.122. The molecule has 2 N–H and O–H groups in total. The molecule has 0 radical (unpaired) electrons. The number of rotatable bonds is 4. The lowest BCUT2D eigenvalue weighted by atomic mass is 9.96. The molecule has 1 aliphatic heterocycles. The maximum atomic E-state index is 12.4. The topological polar surface area (TPSA) is 78.5 Å². The quantitative estimate of drug-likeness (QED) is 0.804. The van der Waals surface area contributed by atoms with Crippen LogP contribution in [0.2, 0.25) is 0 Å². The van der Waals surface area contributed by atoms with Gasteiger partial charge in [0.05, 0.1) is 0 Å². The van der Waals surface area contributed by atoms with E-state index in [1.54, 1.807) is 7.05 Å². The number of hydrogen-bond donors (Lipinski definition) is 2. The molecule has 7 heteroatoms. The second-order valence-corrected chi connectivity index (χ2v) is 7.53. The van der Waals surface area contributed by atoms with Crippen molar-refractivity contribution in [2.75, 3.05) is 13.6 Å². The maximum absolute atomic E-state index is 12.4. The third kappa shape index (κ3) is 3.93. The van der Waals surface area contributed by atoms with Gasteiger partial charge in [-0.25, -0.2) is 0 Å². The van der Waals surface area contributed by atoms with Gasteiger partial charge in [-0.2, -0.15) is 17.4 Å². The second kappa shape index (κ2) is 6.87. The van der Waals surface area contributed by atoms with Gasteiger partial charge in [-0.15, -0.1) is 0 Å². The van der Waals surface area contributed by atoms with Crippen LogP contribution in [0.15, 0.2) is 0 Å². The van der Waals surface area contributed by atoms with E-state index < -0.39 is 16.3 Å². The molecule has 0 aromatic rings. The SMILES string of the molecule is CN(C1CCCCC1)S(=O)(=O)N[C@@H]1CCCCNC1=O. The van der Waals surface area contributed by atoms with Crippen LogP contribution in [0, 0.1) is 0 Å². The molecule has 1 saturated carbocycles. The van der Waals surface area contributed by atoms with Crippen molar-refractivity contribution in [3.63, 3.8) is 0 Å². The third-order valence-electron chi connectivity index (χ3n) is 4.29. The summed E-state index contributed by atoms with van der Waals surface area (Å²) in [6, 6.07) is -0.566. The minimum Gasteiger partial charge on any atom is -0.355 e. The molecule has 116 valence electrons. The minimum absolute atomic E-state index is 0.0649. The fourth-order valence-electron chi connectivity index (χ4n) is 2.96. The number of nitrogens with zero attached hydrogens (tertiary/aromatic N) is 1. The molecule has 1 saturated heterocycles. The van der Waals surface area contributed by atoms with Gasteiger partial charge in [0.15, 0.2) is 0 Å². The lowest BCUT2D eigenvalue weighted by Crippen LogP contribution is -2.52. The zero-order valence-electron chi connectivity index (χ0n) is 12.1. The highest BCUT2D eigenvalue weighted by Gasteiger charge is 2.32. The number of carbonyl (C=O) groups excluding carboxylic acids is 1. The molecule has 1 atom stereocenters. The Morgan fingerprint density at radius 2 is 1.75 bits per heavy atom. The van der Waals surface area contributed by atoms with Crippen LogP contribution in [-0.4, -0.2) is 44.3 Å². The van der Waals surface area contributed by atoms with E-state index in [0.717, 1.165) is 38.5 Å². The third-order valence-corrected chi connectivity index (χ3v) is 5.93. The van der Waals surface area contributed by atoms with Crippen molar-refractivity contribution in [2.24, 2.45) is 0 Å². The summed E-state index contributed by atoms with van der Waals surface area (Å²) in [5, 5.41) is 2.75. The fourth-order valence-corrected chi connectivity index (χ4v) is 4.31. The van der Waals surface area contributed by atoms with E-state index >= 15 is 0 Å². The van der Waals surface area contributed by atoms with Crippen LogP contribution in [0.1, 0.15) is 51.4 Å². The Labute approximate surface area is 121 Å². The van der Waals surface area contributed by atoms with Crippen molar-refractivity contribution in [1.29, 1.82) is 0 Å². The van der Waals surface area contributed by atoms with Crippen LogP contribution in [-0.2, 0) is 15.0 Å². The molecular formula is C13H25N3O3S. The molecule has 2 rings (SSSR count). The zero-order chi connectivity index (χ0) is 14.6. The van der Waals surface area contributed by atoms with Crippen LogP contribution in [0.25, 0.3) is 0 Å². The summed E-state index contributed by atoms with van der Waals surface area (Å²) in [5.74, 6) is -0.205. The minimum atomic E-state index is -3.59. The summed E-state index contributed by atoms with van der Waals surface area (Å²) < 4.78 is 28.8. The predicted molar refractivity (Wildman–Crippen MR) is 77.3 cm³/mol. The first-order valence-electron chi connectivity index (χ1n) is 7.54. The van der Waals surface area contributed by atoms with Gasteiger partial charge in [-0.05, 0) is 32.1 Å². The number of amides is 1. The van der Waals surface area contributed by atoms with Crippen LogP contribution < -0.4 is 10.0 Å². The van der Waals surface area contributed by atoms with Gasteiger partial charge in [0.2, 0.25) is 5.91 Å². The molecule has 1 heterocycles. The normalized spacial score (nSPS) is 26.3. The highest BCUT2D eigenvalue weighted by atomic mass is 32.2. The van der Waals surface area contributed by atoms with Crippen molar-refractivity contribution >= 4 is 16.1 Å². The highest BCUT2D eigenvalue weighted by molar-refractivity contribution is 7.87. The van der Waals surface area contributed by atoms with Gasteiger partial charge >= 0.3 is 0 Å². The molecule has 1 aliphatic carbocycles. The Morgan fingerprint density at radius 3 is 2.45 bits per heavy atom. The van der Waals surface area contributed by atoms with Gasteiger partial charge < -0.3 is 5.32 Å². The molecule has 2 aliphatic rings. The second-order valence-electron chi connectivity index (χ2n) is 5.77. The van der Waals surface area contributed by atoms with Gasteiger partial charge in [0.1, 0.15) is 6.04 Å². The van der Waals surface area contributed by atoms with E-state index in [0.29, 0.717) is 13.0 Å². The van der Waals surface area contributed by atoms with Gasteiger partial charge in [0, 0.05) is 19.6 Å². The summed E-state index contributed by atoms with van der Waals surface area (Å²) in [7, 11) is -1.97. The average Bonchev–Trinajstić information content (AvgIpc) is 2.64. The number of carbonyl (C=O) groups is 1. The van der Waals surface area contributed by atoms with Crippen LogP contribution >= 0.6 is 0 Å². The molecule has 20 heavy (non-hydrogen) atoms. The first kappa shape index (κ1) is 15.7. The van der Waals surface area contributed by atoms with Gasteiger partial charge in [0.25, 0.3) is 10.2 Å². The Bertz CT molecular complexity index is 432. The summed E-state index contributed by atoms with van der Waals surface area (Å²) in [4.78, 5) is 11.8. The molecular weight excluding hydrogens is 278 g/mol. The molecule has 0 aromatic carbocycles. The molecule has 2 fully saturated rings. The lowest BCUT2D eigenvalue weighted by Gasteiger charge is -2.31. The molecule has 0 unspecified atom stereocenters. The van der Waals surface area contributed by atoms with E-state index in [1.165, 1.54) is 10.7 Å². The predicted octanol–water partition coefficient (Wildman–Crippen LogP) is 0.754. The number of nitrogens with one attached hydrogen (secondary N) is 2. The molecule has 0 aromatic heterocycles. The van der Waals surface area contributed by atoms with Crippen molar-refractivity contribution in [2.45, 2.75) is 63.5 Å². The van der Waals surface area contributed by atoms with Crippen molar-refractivity contribution in [1.82, 2.24) is 14.3 Å². The van der Waals surface area contributed by atoms with E-state index in [2.05, 4.69) is 10.0 Å². The van der Waals surface area contributed by atoms with Gasteiger partial charge in [-0.1, -0.05) is 19.3 Å². The first-order valence-corrected chi connectivity index (χ1v) is 8.98. The van der Waals surface area contributed by atoms with E-state index in [9.17, 15) is 13.2 Å². The smallest absolute Gasteiger partial charge is 0.280 e. The summed E-state index contributed by atoms with van der Waals surface area (Å²) in [6.45, 7) is 0.634. The molecule has 6 nitrogen and oxygen atoms in total. The Hall–Kier alpha value is -0.660. The van der Waals surface area contributed by atoms with Crippen LogP contribution in [0.4, 0.5) is 0 Å². The largest absolute Gasteiger partial charge is 0.355 e.